The van der Waals surface area contributed by atoms with Crippen molar-refractivity contribution in [3.05, 3.63) is 63.1 Å². The molecule has 1 saturated heterocycles. The number of rotatable bonds is 4. The van der Waals surface area contributed by atoms with Crippen LogP contribution in [0.1, 0.15) is 30.5 Å². The SMILES string of the molecule is Cc1ccc(N2C(=O)/C(=C/c3ccc(OC(C)C)c(Br)c3)C(=O)NC2=S)c(C)c1. The van der Waals surface area contributed by atoms with E-state index in [0.29, 0.717) is 17.0 Å². The Bertz CT molecular complexity index is 1050. The molecule has 0 radical (unpaired) electrons. The molecule has 1 aliphatic rings. The molecule has 0 bridgehead atoms. The summed E-state index contributed by atoms with van der Waals surface area (Å²) < 4.78 is 6.45. The molecule has 150 valence electrons. The lowest BCUT2D eigenvalue weighted by Crippen LogP contribution is -2.54. The summed E-state index contributed by atoms with van der Waals surface area (Å²) in [4.78, 5) is 27.0. The summed E-state index contributed by atoms with van der Waals surface area (Å²) in [5.74, 6) is -0.274. The van der Waals surface area contributed by atoms with Crippen LogP contribution in [0.5, 0.6) is 5.75 Å². The molecule has 0 aromatic heterocycles. The molecule has 0 atom stereocenters. The summed E-state index contributed by atoms with van der Waals surface area (Å²) in [5, 5.41) is 2.69. The molecule has 1 N–H and O–H groups in total. The van der Waals surface area contributed by atoms with Gasteiger partial charge in [-0.15, -0.1) is 0 Å². The lowest BCUT2D eigenvalue weighted by molar-refractivity contribution is -0.122. The molecule has 1 aliphatic heterocycles. The number of hydrogen-bond donors (Lipinski definition) is 1. The Labute approximate surface area is 183 Å². The number of carbonyl (C=O) groups excluding carboxylic acids is 2. The number of halogens is 1. The quantitative estimate of drug-likeness (QED) is 0.398. The maximum atomic E-state index is 13.2. The molecular weight excluding hydrogens is 452 g/mol. The topological polar surface area (TPSA) is 58.6 Å². The molecule has 2 amide bonds. The Morgan fingerprint density at radius 2 is 1.86 bits per heavy atom. The normalized spacial score (nSPS) is 15.9. The summed E-state index contributed by atoms with van der Waals surface area (Å²) in [6.45, 7) is 7.77. The molecule has 0 aliphatic carbocycles. The lowest BCUT2D eigenvalue weighted by atomic mass is 10.0. The van der Waals surface area contributed by atoms with Crippen LogP contribution in [0.3, 0.4) is 0 Å². The number of amides is 2. The molecule has 0 spiro atoms. The van der Waals surface area contributed by atoms with Crippen molar-refractivity contribution in [3.63, 3.8) is 0 Å². The van der Waals surface area contributed by atoms with E-state index in [1.807, 2.05) is 45.9 Å². The van der Waals surface area contributed by atoms with E-state index < -0.39 is 11.8 Å². The molecule has 2 aromatic carbocycles. The van der Waals surface area contributed by atoms with Crippen molar-refractivity contribution < 1.29 is 14.3 Å². The van der Waals surface area contributed by atoms with Crippen molar-refractivity contribution in [3.8, 4) is 5.75 Å². The Hall–Kier alpha value is -2.51. The Morgan fingerprint density at radius 1 is 1.14 bits per heavy atom. The Kier molecular flexibility index (Phi) is 6.19. The van der Waals surface area contributed by atoms with Gasteiger partial charge in [-0.1, -0.05) is 23.8 Å². The highest BCUT2D eigenvalue weighted by Gasteiger charge is 2.35. The van der Waals surface area contributed by atoms with Crippen molar-refractivity contribution in [2.45, 2.75) is 33.8 Å². The molecule has 29 heavy (non-hydrogen) atoms. The van der Waals surface area contributed by atoms with Gasteiger partial charge in [-0.2, -0.15) is 0 Å². The summed E-state index contributed by atoms with van der Waals surface area (Å²) in [7, 11) is 0. The first-order valence-corrected chi connectivity index (χ1v) is 10.3. The van der Waals surface area contributed by atoms with E-state index >= 15 is 0 Å². The van der Waals surface area contributed by atoms with Crippen molar-refractivity contribution >= 4 is 56.8 Å². The minimum Gasteiger partial charge on any atom is -0.490 e. The van der Waals surface area contributed by atoms with Gasteiger partial charge in [0.1, 0.15) is 11.3 Å². The predicted octanol–water partition coefficient (Wildman–Crippen LogP) is 4.68. The van der Waals surface area contributed by atoms with Crippen LogP contribution in [-0.4, -0.2) is 23.0 Å². The number of benzene rings is 2. The van der Waals surface area contributed by atoms with Gasteiger partial charge in [0.05, 0.1) is 16.3 Å². The average Bonchev–Trinajstić information content (AvgIpc) is 2.62. The van der Waals surface area contributed by atoms with E-state index in [2.05, 4.69) is 21.2 Å². The van der Waals surface area contributed by atoms with Crippen LogP contribution in [0.25, 0.3) is 6.08 Å². The number of ether oxygens (including phenoxy) is 1. The zero-order valence-corrected chi connectivity index (χ0v) is 19.0. The standard InChI is InChI=1S/C22H21BrN2O3S/c1-12(2)28-19-8-6-15(11-17(19)23)10-16-20(26)24-22(29)25(21(16)27)18-7-5-13(3)9-14(18)4/h5-12H,1-4H3,(H,24,26,29)/b16-10+. The molecule has 7 heteroatoms. The highest BCUT2D eigenvalue weighted by molar-refractivity contribution is 9.10. The minimum atomic E-state index is -0.514. The van der Waals surface area contributed by atoms with Crippen LogP contribution in [0.2, 0.25) is 0 Å². The van der Waals surface area contributed by atoms with E-state index in [0.717, 1.165) is 15.6 Å². The third kappa shape index (κ3) is 4.57. The van der Waals surface area contributed by atoms with Gasteiger partial charge in [-0.25, -0.2) is 0 Å². The molecule has 3 rings (SSSR count). The summed E-state index contributed by atoms with van der Waals surface area (Å²) in [6, 6.07) is 11.1. The van der Waals surface area contributed by atoms with Crippen LogP contribution in [-0.2, 0) is 9.59 Å². The highest BCUT2D eigenvalue weighted by atomic mass is 79.9. The Balaban J connectivity index is 1.98. The van der Waals surface area contributed by atoms with E-state index in [1.165, 1.54) is 4.90 Å². The van der Waals surface area contributed by atoms with E-state index in [-0.39, 0.29) is 16.8 Å². The van der Waals surface area contributed by atoms with Crippen LogP contribution >= 0.6 is 28.1 Å². The number of thiocarbonyl (C=S) groups is 1. The smallest absolute Gasteiger partial charge is 0.270 e. The van der Waals surface area contributed by atoms with Gasteiger partial charge in [-0.3, -0.25) is 19.8 Å². The maximum absolute atomic E-state index is 13.2. The van der Waals surface area contributed by atoms with Gasteiger partial charge in [0, 0.05) is 0 Å². The second-order valence-electron chi connectivity index (χ2n) is 7.10. The van der Waals surface area contributed by atoms with Gasteiger partial charge in [0.15, 0.2) is 5.11 Å². The lowest BCUT2D eigenvalue weighted by Gasteiger charge is -2.30. The zero-order chi connectivity index (χ0) is 21.3. The fourth-order valence-electron chi connectivity index (χ4n) is 3.06. The first-order valence-electron chi connectivity index (χ1n) is 9.12. The monoisotopic (exact) mass is 472 g/mol. The number of carbonyl (C=O) groups is 2. The maximum Gasteiger partial charge on any atom is 0.270 e. The third-order valence-electron chi connectivity index (χ3n) is 4.32. The van der Waals surface area contributed by atoms with E-state index in [9.17, 15) is 9.59 Å². The number of nitrogens with zero attached hydrogens (tertiary/aromatic N) is 1. The molecule has 1 heterocycles. The molecular formula is C22H21BrN2O3S. The largest absolute Gasteiger partial charge is 0.490 e. The second-order valence-corrected chi connectivity index (χ2v) is 8.35. The van der Waals surface area contributed by atoms with Crippen molar-refractivity contribution in [2.24, 2.45) is 0 Å². The summed E-state index contributed by atoms with van der Waals surface area (Å²) >= 11 is 8.75. The van der Waals surface area contributed by atoms with Gasteiger partial charge < -0.3 is 4.74 Å². The molecule has 1 fully saturated rings. The first kappa shape index (κ1) is 21.2. The fraction of sp³-hybridized carbons (Fsp3) is 0.227. The van der Waals surface area contributed by atoms with Crippen LogP contribution in [0.15, 0.2) is 46.4 Å². The fourth-order valence-corrected chi connectivity index (χ4v) is 3.82. The average molecular weight is 473 g/mol. The summed E-state index contributed by atoms with van der Waals surface area (Å²) in [6.07, 6.45) is 1.59. The van der Waals surface area contributed by atoms with Crippen LogP contribution in [0, 0.1) is 13.8 Å². The molecule has 0 unspecified atom stereocenters. The first-order chi connectivity index (χ1) is 13.7. The van der Waals surface area contributed by atoms with Crippen LogP contribution in [0.4, 0.5) is 5.69 Å². The molecule has 2 aromatic rings. The second kappa shape index (κ2) is 8.47. The highest BCUT2D eigenvalue weighted by Crippen LogP contribution is 2.29. The van der Waals surface area contributed by atoms with Gasteiger partial charge in [-0.05, 0) is 91.2 Å². The molecule has 5 nitrogen and oxygen atoms in total. The summed E-state index contributed by atoms with van der Waals surface area (Å²) in [5.41, 5.74) is 3.34. The third-order valence-corrected chi connectivity index (χ3v) is 5.23. The van der Waals surface area contributed by atoms with Crippen molar-refractivity contribution in [1.82, 2.24) is 5.32 Å². The van der Waals surface area contributed by atoms with Crippen LogP contribution < -0.4 is 15.0 Å². The number of aryl methyl sites for hydroxylation is 2. The van der Waals surface area contributed by atoms with E-state index in [4.69, 9.17) is 17.0 Å². The Morgan fingerprint density at radius 3 is 2.48 bits per heavy atom. The van der Waals surface area contributed by atoms with E-state index in [1.54, 1.807) is 24.3 Å². The molecule has 0 saturated carbocycles. The van der Waals surface area contributed by atoms with Crippen molar-refractivity contribution in [2.75, 3.05) is 4.90 Å². The number of anilines is 1. The van der Waals surface area contributed by atoms with Gasteiger partial charge >= 0.3 is 0 Å². The van der Waals surface area contributed by atoms with Crippen molar-refractivity contribution in [1.29, 1.82) is 0 Å². The zero-order valence-electron chi connectivity index (χ0n) is 16.6. The van der Waals surface area contributed by atoms with Gasteiger partial charge in [0.25, 0.3) is 11.8 Å². The van der Waals surface area contributed by atoms with Gasteiger partial charge in [0.2, 0.25) is 0 Å². The minimum absolute atomic E-state index is 0.0167. The number of nitrogens with one attached hydrogen (secondary N) is 1. The number of hydrogen-bond acceptors (Lipinski definition) is 4. The predicted molar refractivity (Wildman–Crippen MR) is 122 cm³/mol.